The van der Waals surface area contributed by atoms with E-state index in [4.69, 9.17) is 9.26 Å². The van der Waals surface area contributed by atoms with Crippen molar-refractivity contribution in [2.45, 2.75) is 75.4 Å². The van der Waals surface area contributed by atoms with Crippen LogP contribution in [0.5, 0.6) is 0 Å². The van der Waals surface area contributed by atoms with Gasteiger partial charge in [-0.25, -0.2) is 0 Å². The van der Waals surface area contributed by atoms with Crippen LogP contribution in [0.15, 0.2) is 22.9 Å². The number of rotatable bonds is 5. The van der Waals surface area contributed by atoms with Gasteiger partial charge in [-0.1, -0.05) is 5.16 Å². The van der Waals surface area contributed by atoms with Crippen molar-refractivity contribution in [1.82, 2.24) is 15.5 Å². The molecule has 2 aromatic rings. The average Bonchev–Trinajstić information content (AvgIpc) is 3.34. The van der Waals surface area contributed by atoms with Crippen molar-refractivity contribution < 1.29 is 22.4 Å². The fourth-order valence-corrected chi connectivity index (χ4v) is 4.50. The average molecular weight is 393 g/mol. The van der Waals surface area contributed by atoms with Gasteiger partial charge in [0.1, 0.15) is 11.5 Å². The predicted molar refractivity (Wildman–Crippen MR) is 94.5 cm³/mol. The molecule has 0 spiro atoms. The van der Waals surface area contributed by atoms with Gasteiger partial charge in [0.05, 0.1) is 12.7 Å². The summed E-state index contributed by atoms with van der Waals surface area (Å²) in [6, 6.07) is 3.87. The fourth-order valence-electron chi connectivity index (χ4n) is 4.50. The normalized spacial score (nSPS) is 27.3. The molecule has 2 unspecified atom stereocenters. The maximum Gasteiger partial charge on any atom is 0.434 e. The van der Waals surface area contributed by atoms with Crippen LogP contribution in [0.25, 0.3) is 11.3 Å². The van der Waals surface area contributed by atoms with E-state index in [1.54, 1.807) is 0 Å². The number of hydrogen-bond acceptors (Lipinski definition) is 5. The Morgan fingerprint density at radius 1 is 1.14 bits per heavy atom. The maximum absolute atomic E-state index is 13.5. The predicted octanol–water partition coefficient (Wildman–Crippen LogP) is 4.43. The number of aromatic nitrogens is 2. The number of fused-ring (bicyclic) bond motifs is 2. The van der Waals surface area contributed by atoms with Gasteiger partial charge in [-0.05, 0) is 50.7 Å². The van der Waals surface area contributed by atoms with Gasteiger partial charge in [-0.2, -0.15) is 13.2 Å². The van der Waals surface area contributed by atoms with Crippen LogP contribution >= 0.6 is 0 Å². The van der Waals surface area contributed by atoms with Crippen LogP contribution in [0.1, 0.15) is 61.5 Å². The number of halogens is 3. The first-order chi connectivity index (χ1) is 13.5. The standard InChI is InChI=1S/C20H22F3N3O2/c21-20(22,23)19-15(2-1-7-24-19)17-16(18(28-26-17)11-3-4-11)10-27-14-8-12-5-6-13(9-14)25-12/h1-2,7,11-14,25H,3-6,8-10H2. The van der Waals surface area contributed by atoms with Crippen molar-refractivity contribution in [3.63, 3.8) is 0 Å². The molecule has 4 heterocycles. The number of piperidine rings is 1. The number of nitrogens with one attached hydrogen (secondary N) is 1. The van der Waals surface area contributed by atoms with Gasteiger partial charge >= 0.3 is 6.18 Å². The van der Waals surface area contributed by atoms with Crippen LogP contribution < -0.4 is 5.32 Å². The zero-order chi connectivity index (χ0) is 19.3. The molecule has 0 aromatic carbocycles. The second-order valence-electron chi connectivity index (χ2n) is 8.09. The van der Waals surface area contributed by atoms with Crippen molar-refractivity contribution in [3.05, 3.63) is 35.3 Å². The summed E-state index contributed by atoms with van der Waals surface area (Å²) in [5.74, 6) is 0.902. The SMILES string of the molecule is FC(F)(F)c1ncccc1-c1noc(C2CC2)c1COC1CC2CCC(C1)N2. The lowest BCUT2D eigenvalue weighted by Gasteiger charge is -2.29. The van der Waals surface area contributed by atoms with E-state index < -0.39 is 11.9 Å². The van der Waals surface area contributed by atoms with Gasteiger partial charge in [0, 0.05) is 35.3 Å². The number of hydrogen-bond donors (Lipinski definition) is 1. The molecule has 2 atom stereocenters. The lowest BCUT2D eigenvalue weighted by molar-refractivity contribution is -0.140. The van der Waals surface area contributed by atoms with Gasteiger partial charge in [0.2, 0.25) is 0 Å². The highest BCUT2D eigenvalue weighted by Gasteiger charge is 2.39. The Bertz CT molecular complexity index is 851. The van der Waals surface area contributed by atoms with Crippen molar-refractivity contribution in [2.24, 2.45) is 0 Å². The molecular weight excluding hydrogens is 371 g/mol. The Morgan fingerprint density at radius 2 is 1.89 bits per heavy atom. The quantitative estimate of drug-likeness (QED) is 0.814. The smallest absolute Gasteiger partial charge is 0.373 e. The maximum atomic E-state index is 13.5. The molecule has 28 heavy (non-hydrogen) atoms. The van der Waals surface area contributed by atoms with Crippen molar-refractivity contribution in [1.29, 1.82) is 0 Å². The van der Waals surface area contributed by atoms with E-state index in [-0.39, 0.29) is 29.9 Å². The van der Waals surface area contributed by atoms with Crippen LogP contribution in [0.2, 0.25) is 0 Å². The number of alkyl halides is 3. The molecule has 150 valence electrons. The van der Waals surface area contributed by atoms with Crippen molar-refractivity contribution in [2.75, 3.05) is 0 Å². The molecule has 2 aliphatic heterocycles. The molecule has 3 aliphatic rings. The lowest BCUT2D eigenvalue weighted by atomic mass is 10.0. The van der Waals surface area contributed by atoms with Crippen LogP contribution in [0, 0.1) is 0 Å². The molecule has 1 saturated carbocycles. The third kappa shape index (κ3) is 3.43. The number of nitrogens with zero attached hydrogens (tertiary/aromatic N) is 2. The van der Waals surface area contributed by atoms with Gasteiger partial charge < -0.3 is 14.6 Å². The van der Waals surface area contributed by atoms with E-state index in [0.717, 1.165) is 31.9 Å². The van der Waals surface area contributed by atoms with E-state index in [1.165, 1.54) is 25.0 Å². The van der Waals surface area contributed by atoms with Gasteiger partial charge in [-0.15, -0.1) is 0 Å². The van der Waals surface area contributed by atoms with Crippen LogP contribution in [0.4, 0.5) is 13.2 Å². The zero-order valence-corrected chi connectivity index (χ0v) is 15.3. The minimum absolute atomic E-state index is 0.0466. The van der Waals surface area contributed by atoms with Crippen molar-refractivity contribution in [3.8, 4) is 11.3 Å². The monoisotopic (exact) mass is 393 g/mol. The molecule has 8 heteroatoms. The van der Waals surface area contributed by atoms with Crippen LogP contribution in [-0.2, 0) is 17.5 Å². The fraction of sp³-hybridized carbons (Fsp3) is 0.600. The van der Waals surface area contributed by atoms with Crippen LogP contribution in [-0.4, -0.2) is 28.3 Å². The Balaban J connectivity index is 1.44. The molecule has 5 nitrogen and oxygen atoms in total. The third-order valence-corrected chi connectivity index (χ3v) is 5.99. The lowest BCUT2D eigenvalue weighted by Crippen LogP contribution is -2.41. The highest BCUT2D eigenvalue weighted by molar-refractivity contribution is 5.66. The van der Waals surface area contributed by atoms with Gasteiger partial charge in [-0.3, -0.25) is 4.98 Å². The van der Waals surface area contributed by atoms with Gasteiger partial charge in [0.25, 0.3) is 0 Å². The molecule has 1 N–H and O–H groups in total. The number of pyridine rings is 1. The molecular formula is C20H22F3N3O2. The molecule has 0 amide bonds. The zero-order valence-electron chi connectivity index (χ0n) is 15.3. The molecule has 0 radical (unpaired) electrons. The summed E-state index contributed by atoms with van der Waals surface area (Å²) in [6.45, 7) is 0.223. The molecule has 5 rings (SSSR count). The number of ether oxygens (including phenoxy) is 1. The van der Waals surface area contributed by atoms with E-state index >= 15 is 0 Å². The summed E-state index contributed by atoms with van der Waals surface area (Å²) < 4.78 is 52.0. The van der Waals surface area contributed by atoms with Crippen molar-refractivity contribution >= 4 is 0 Å². The molecule has 2 saturated heterocycles. The third-order valence-electron chi connectivity index (χ3n) is 5.99. The minimum atomic E-state index is -4.55. The molecule has 3 fully saturated rings. The topological polar surface area (TPSA) is 60.2 Å². The second-order valence-corrected chi connectivity index (χ2v) is 8.09. The summed E-state index contributed by atoms with van der Waals surface area (Å²) in [7, 11) is 0. The Kier molecular flexibility index (Phi) is 4.43. The first-order valence-corrected chi connectivity index (χ1v) is 9.87. The minimum Gasteiger partial charge on any atom is -0.373 e. The Hall–Kier alpha value is -1.93. The second kappa shape index (κ2) is 6.84. The Labute approximate surface area is 160 Å². The summed E-state index contributed by atoms with van der Waals surface area (Å²) in [5, 5.41) is 7.59. The van der Waals surface area contributed by atoms with E-state index in [1.807, 2.05) is 0 Å². The molecule has 1 aliphatic carbocycles. The highest BCUT2D eigenvalue weighted by atomic mass is 19.4. The summed E-state index contributed by atoms with van der Waals surface area (Å²) in [4.78, 5) is 3.56. The summed E-state index contributed by atoms with van der Waals surface area (Å²) in [5.41, 5.74) is -0.132. The van der Waals surface area contributed by atoms with Crippen LogP contribution in [0.3, 0.4) is 0 Å². The highest BCUT2D eigenvalue weighted by Crippen LogP contribution is 2.45. The largest absolute Gasteiger partial charge is 0.434 e. The van der Waals surface area contributed by atoms with Gasteiger partial charge in [0.15, 0.2) is 5.69 Å². The summed E-state index contributed by atoms with van der Waals surface area (Å²) >= 11 is 0. The van der Waals surface area contributed by atoms with E-state index in [2.05, 4.69) is 15.5 Å². The first-order valence-electron chi connectivity index (χ1n) is 9.87. The first kappa shape index (κ1) is 18.1. The van der Waals surface area contributed by atoms with E-state index in [9.17, 15) is 13.2 Å². The van der Waals surface area contributed by atoms with E-state index in [0.29, 0.717) is 23.4 Å². The molecule has 2 aromatic heterocycles. The molecule has 2 bridgehead atoms. The Morgan fingerprint density at radius 3 is 2.57 bits per heavy atom. The summed E-state index contributed by atoms with van der Waals surface area (Å²) in [6.07, 6.45) is 2.87.